The van der Waals surface area contributed by atoms with Crippen LogP contribution in [0.25, 0.3) is 0 Å². The van der Waals surface area contributed by atoms with Crippen LogP contribution < -0.4 is 10.2 Å². The first-order valence-electron chi connectivity index (χ1n) is 9.86. The smallest absolute Gasteiger partial charge is 0.317 e. The SMILES string of the molecule is CC(C)c1cccc(C(C)C)c1N1CCN(C(=O)NCCN(C)C)CC1. The van der Waals surface area contributed by atoms with Crippen LogP contribution in [0.3, 0.4) is 0 Å². The number of amides is 2. The highest BCUT2D eigenvalue weighted by Gasteiger charge is 2.25. The molecule has 0 saturated carbocycles. The predicted octanol–water partition coefficient (Wildman–Crippen LogP) is 3.33. The monoisotopic (exact) mass is 360 g/mol. The van der Waals surface area contributed by atoms with Crippen molar-refractivity contribution < 1.29 is 4.79 Å². The van der Waals surface area contributed by atoms with Gasteiger partial charge in [-0.1, -0.05) is 45.9 Å². The molecule has 26 heavy (non-hydrogen) atoms. The number of nitrogens with zero attached hydrogens (tertiary/aromatic N) is 3. The lowest BCUT2D eigenvalue weighted by molar-refractivity contribution is 0.193. The van der Waals surface area contributed by atoms with Crippen molar-refractivity contribution in [3.05, 3.63) is 29.3 Å². The van der Waals surface area contributed by atoms with Gasteiger partial charge in [0.05, 0.1) is 0 Å². The minimum absolute atomic E-state index is 0.0627. The zero-order chi connectivity index (χ0) is 19.3. The third kappa shape index (κ3) is 5.13. The molecule has 2 amide bonds. The second kappa shape index (κ2) is 9.26. The van der Waals surface area contributed by atoms with E-state index < -0.39 is 0 Å². The average Bonchev–Trinajstić information content (AvgIpc) is 2.60. The van der Waals surface area contributed by atoms with Crippen LogP contribution in [0.1, 0.15) is 50.7 Å². The Hall–Kier alpha value is -1.75. The third-order valence-corrected chi connectivity index (χ3v) is 5.06. The van der Waals surface area contributed by atoms with E-state index in [1.807, 2.05) is 19.0 Å². The van der Waals surface area contributed by atoms with Crippen molar-refractivity contribution in [2.24, 2.45) is 0 Å². The number of para-hydroxylation sites is 1. The lowest BCUT2D eigenvalue weighted by Gasteiger charge is -2.39. The fraction of sp³-hybridized carbons (Fsp3) is 0.667. The van der Waals surface area contributed by atoms with Gasteiger partial charge in [-0.2, -0.15) is 0 Å². The van der Waals surface area contributed by atoms with Gasteiger partial charge < -0.3 is 20.0 Å². The number of nitrogens with one attached hydrogen (secondary N) is 1. The summed E-state index contributed by atoms with van der Waals surface area (Å²) in [5, 5.41) is 3.02. The summed E-state index contributed by atoms with van der Waals surface area (Å²) in [6, 6.07) is 6.76. The number of carbonyl (C=O) groups excluding carboxylic acids is 1. The number of benzene rings is 1. The highest BCUT2D eigenvalue weighted by atomic mass is 16.2. The molecule has 0 bridgehead atoms. The maximum Gasteiger partial charge on any atom is 0.317 e. The van der Waals surface area contributed by atoms with Crippen molar-refractivity contribution >= 4 is 11.7 Å². The molecular weight excluding hydrogens is 324 g/mol. The number of piperazine rings is 1. The van der Waals surface area contributed by atoms with Gasteiger partial charge >= 0.3 is 6.03 Å². The summed E-state index contributed by atoms with van der Waals surface area (Å²) in [6.07, 6.45) is 0. The summed E-state index contributed by atoms with van der Waals surface area (Å²) in [6.45, 7) is 13.9. The largest absolute Gasteiger partial charge is 0.368 e. The van der Waals surface area contributed by atoms with Crippen LogP contribution in [0.2, 0.25) is 0 Å². The first-order chi connectivity index (χ1) is 12.3. The first kappa shape index (κ1) is 20.6. The van der Waals surface area contributed by atoms with Crippen molar-refractivity contribution in [3.8, 4) is 0 Å². The average molecular weight is 361 g/mol. The summed E-state index contributed by atoms with van der Waals surface area (Å²) in [5.41, 5.74) is 4.23. The zero-order valence-corrected chi connectivity index (χ0v) is 17.4. The summed E-state index contributed by atoms with van der Waals surface area (Å²) in [5.74, 6) is 0.993. The van der Waals surface area contributed by atoms with E-state index in [9.17, 15) is 4.79 Å². The minimum Gasteiger partial charge on any atom is -0.368 e. The molecule has 146 valence electrons. The summed E-state index contributed by atoms with van der Waals surface area (Å²) < 4.78 is 0. The van der Waals surface area contributed by atoms with Crippen molar-refractivity contribution in [1.29, 1.82) is 0 Å². The van der Waals surface area contributed by atoms with Crippen molar-refractivity contribution in [3.63, 3.8) is 0 Å². The molecule has 0 aliphatic carbocycles. The van der Waals surface area contributed by atoms with Crippen LogP contribution in [0, 0.1) is 0 Å². The Labute approximate surface area is 159 Å². The van der Waals surface area contributed by atoms with Gasteiger partial charge in [0, 0.05) is 45.0 Å². The summed E-state index contributed by atoms with van der Waals surface area (Å²) in [4.78, 5) is 18.9. The van der Waals surface area contributed by atoms with Gasteiger partial charge in [0.15, 0.2) is 0 Å². The molecule has 0 atom stereocenters. The Morgan fingerprint density at radius 3 is 2.04 bits per heavy atom. The predicted molar refractivity (Wildman–Crippen MR) is 110 cm³/mol. The number of likely N-dealkylation sites (N-methyl/N-ethyl adjacent to an activating group) is 1. The molecular formula is C21H36N4O. The van der Waals surface area contributed by atoms with Crippen molar-refractivity contribution in [1.82, 2.24) is 15.1 Å². The van der Waals surface area contributed by atoms with Crippen LogP contribution >= 0.6 is 0 Å². The quantitative estimate of drug-likeness (QED) is 0.846. The van der Waals surface area contributed by atoms with Gasteiger partial charge in [-0.05, 0) is 37.1 Å². The molecule has 5 heteroatoms. The van der Waals surface area contributed by atoms with Crippen molar-refractivity contribution in [2.75, 3.05) is 58.3 Å². The molecule has 1 aliphatic rings. The lowest BCUT2D eigenvalue weighted by Crippen LogP contribution is -2.52. The van der Waals surface area contributed by atoms with Crippen LogP contribution in [-0.2, 0) is 0 Å². The molecule has 0 spiro atoms. The molecule has 1 fully saturated rings. The maximum absolute atomic E-state index is 12.4. The Morgan fingerprint density at radius 2 is 1.58 bits per heavy atom. The van der Waals surface area contributed by atoms with Crippen LogP contribution in [0.4, 0.5) is 10.5 Å². The van der Waals surface area contributed by atoms with Crippen LogP contribution in [0.15, 0.2) is 18.2 Å². The van der Waals surface area contributed by atoms with Crippen molar-refractivity contribution in [2.45, 2.75) is 39.5 Å². The van der Waals surface area contributed by atoms with E-state index in [4.69, 9.17) is 0 Å². The molecule has 1 saturated heterocycles. The minimum atomic E-state index is 0.0627. The molecule has 2 rings (SSSR count). The summed E-state index contributed by atoms with van der Waals surface area (Å²) in [7, 11) is 4.03. The van der Waals surface area contributed by atoms with E-state index in [0.717, 1.165) is 32.7 Å². The molecule has 0 unspecified atom stereocenters. The fourth-order valence-electron chi connectivity index (χ4n) is 3.51. The molecule has 1 aliphatic heterocycles. The fourth-order valence-corrected chi connectivity index (χ4v) is 3.51. The molecule has 0 radical (unpaired) electrons. The van der Waals surface area contributed by atoms with Gasteiger partial charge in [0.2, 0.25) is 0 Å². The zero-order valence-electron chi connectivity index (χ0n) is 17.4. The highest BCUT2D eigenvalue weighted by molar-refractivity contribution is 5.74. The van der Waals surface area contributed by atoms with Gasteiger partial charge in [-0.15, -0.1) is 0 Å². The molecule has 1 heterocycles. The van der Waals surface area contributed by atoms with Gasteiger partial charge in [-0.3, -0.25) is 0 Å². The molecule has 0 aromatic heterocycles. The topological polar surface area (TPSA) is 38.8 Å². The molecule has 1 aromatic carbocycles. The number of urea groups is 1. The molecule has 5 nitrogen and oxygen atoms in total. The number of anilines is 1. The van der Waals surface area contributed by atoms with E-state index >= 15 is 0 Å². The Morgan fingerprint density at radius 1 is 1.04 bits per heavy atom. The number of hydrogen-bond acceptors (Lipinski definition) is 3. The Bertz CT molecular complexity index is 563. The first-order valence-corrected chi connectivity index (χ1v) is 9.86. The second-order valence-corrected chi connectivity index (χ2v) is 8.10. The van der Waals surface area contributed by atoms with Crippen LogP contribution in [-0.4, -0.2) is 69.2 Å². The van der Waals surface area contributed by atoms with Gasteiger partial charge in [-0.25, -0.2) is 4.79 Å². The van der Waals surface area contributed by atoms with E-state index in [1.54, 1.807) is 0 Å². The van der Waals surface area contributed by atoms with E-state index in [1.165, 1.54) is 16.8 Å². The Kier molecular flexibility index (Phi) is 7.33. The van der Waals surface area contributed by atoms with Crippen LogP contribution in [0.5, 0.6) is 0 Å². The second-order valence-electron chi connectivity index (χ2n) is 8.10. The summed E-state index contributed by atoms with van der Waals surface area (Å²) >= 11 is 0. The third-order valence-electron chi connectivity index (χ3n) is 5.06. The lowest BCUT2D eigenvalue weighted by atomic mass is 9.91. The number of rotatable bonds is 6. The number of hydrogen-bond donors (Lipinski definition) is 1. The molecule has 1 aromatic rings. The van der Waals surface area contributed by atoms with E-state index in [0.29, 0.717) is 18.4 Å². The number of carbonyl (C=O) groups is 1. The molecule has 1 N–H and O–H groups in total. The Balaban J connectivity index is 2.05. The standard InChI is InChI=1S/C21H36N4O/c1-16(2)18-8-7-9-19(17(3)4)20(18)24-12-14-25(15-13-24)21(26)22-10-11-23(5)6/h7-9,16-17H,10-15H2,1-6H3,(H,22,26). The van der Waals surface area contributed by atoms with Gasteiger partial charge in [0.25, 0.3) is 0 Å². The van der Waals surface area contributed by atoms with E-state index in [-0.39, 0.29) is 6.03 Å². The normalized spacial score (nSPS) is 15.3. The maximum atomic E-state index is 12.4. The van der Waals surface area contributed by atoms with Gasteiger partial charge in [0.1, 0.15) is 0 Å². The van der Waals surface area contributed by atoms with E-state index in [2.05, 4.69) is 61.0 Å². The highest BCUT2D eigenvalue weighted by Crippen LogP contribution is 2.35.